The highest BCUT2D eigenvalue weighted by atomic mass is 16.3. The van der Waals surface area contributed by atoms with Gasteiger partial charge < -0.3 is 21.1 Å². The molecule has 0 aliphatic carbocycles. The molecule has 1 aliphatic heterocycles. The Kier molecular flexibility index (Phi) is 4.70. The third-order valence-electron chi connectivity index (χ3n) is 3.28. The molecule has 1 aliphatic rings. The predicted octanol–water partition coefficient (Wildman–Crippen LogP) is -0.269. The monoisotopic (exact) mass is 264 g/mol. The number of aromatic nitrogens is 1. The summed E-state index contributed by atoms with van der Waals surface area (Å²) in [5.41, 5.74) is 5.49. The Morgan fingerprint density at radius 2 is 2.42 bits per heavy atom. The van der Waals surface area contributed by atoms with Crippen LogP contribution in [0.5, 0.6) is 0 Å². The van der Waals surface area contributed by atoms with Crippen molar-refractivity contribution in [1.82, 2.24) is 10.3 Å². The molecular weight excluding hydrogens is 244 g/mol. The number of nitrogens with zero attached hydrogens (tertiary/aromatic N) is 2. The van der Waals surface area contributed by atoms with Crippen LogP contribution in [0.2, 0.25) is 0 Å². The SMILES string of the molecule is NC(=O)c1cccc(N(CCO)CC2CCCN2)n1. The van der Waals surface area contributed by atoms with E-state index in [1.807, 2.05) is 11.0 Å². The molecule has 0 aromatic carbocycles. The molecule has 1 unspecified atom stereocenters. The molecular formula is C13H20N4O2. The minimum absolute atomic E-state index is 0.0508. The molecule has 2 heterocycles. The van der Waals surface area contributed by atoms with E-state index in [2.05, 4.69) is 10.3 Å². The van der Waals surface area contributed by atoms with Crippen LogP contribution in [-0.2, 0) is 0 Å². The van der Waals surface area contributed by atoms with Gasteiger partial charge in [0.25, 0.3) is 5.91 Å². The van der Waals surface area contributed by atoms with Gasteiger partial charge in [-0.1, -0.05) is 6.07 Å². The largest absolute Gasteiger partial charge is 0.395 e. The summed E-state index contributed by atoms with van der Waals surface area (Å²) in [4.78, 5) is 17.4. The standard InChI is InChI=1S/C13H20N4O2/c14-13(19)11-4-1-5-12(16-11)17(7-8-18)9-10-3-2-6-15-10/h1,4-5,10,15,18H,2-3,6-9H2,(H2,14,19). The van der Waals surface area contributed by atoms with Crippen LogP contribution in [0.3, 0.4) is 0 Å². The number of anilines is 1. The van der Waals surface area contributed by atoms with Gasteiger partial charge in [-0.2, -0.15) is 0 Å². The second-order valence-electron chi connectivity index (χ2n) is 4.71. The zero-order chi connectivity index (χ0) is 13.7. The van der Waals surface area contributed by atoms with Gasteiger partial charge in [0.05, 0.1) is 6.61 Å². The maximum absolute atomic E-state index is 11.2. The van der Waals surface area contributed by atoms with Crippen LogP contribution in [0.4, 0.5) is 5.82 Å². The summed E-state index contributed by atoms with van der Waals surface area (Å²) in [6.45, 7) is 2.35. The fraction of sp³-hybridized carbons (Fsp3) is 0.538. The lowest BCUT2D eigenvalue weighted by atomic mass is 10.2. The van der Waals surface area contributed by atoms with Gasteiger partial charge in [-0.3, -0.25) is 4.79 Å². The van der Waals surface area contributed by atoms with Gasteiger partial charge in [0, 0.05) is 19.1 Å². The normalized spacial score (nSPS) is 18.5. The van der Waals surface area contributed by atoms with Gasteiger partial charge in [-0.05, 0) is 31.5 Å². The first kappa shape index (κ1) is 13.8. The molecule has 6 heteroatoms. The fourth-order valence-corrected chi connectivity index (χ4v) is 2.34. The number of rotatable bonds is 6. The van der Waals surface area contributed by atoms with Crippen molar-refractivity contribution in [3.63, 3.8) is 0 Å². The Labute approximate surface area is 112 Å². The number of amides is 1. The van der Waals surface area contributed by atoms with Gasteiger partial charge in [-0.25, -0.2) is 4.98 Å². The number of hydrogen-bond acceptors (Lipinski definition) is 5. The Bertz CT molecular complexity index is 432. The average Bonchev–Trinajstić information content (AvgIpc) is 2.91. The number of aliphatic hydroxyl groups excluding tert-OH is 1. The second-order valence-corrected chi connectivity index (χ2v) is 4.71. The Balaban J connectivity index is 2.12. The molecule has 1 aromatic heterocycles. The molecule has 2 rings (SSSR count). The molecule has 1 fully saturated rings. The summed E-state index contributed by atoms with van der Waals surface area (Å²) < 4.78 is 0. The van der Waals surface area contributed by atoms with Gasteiger partial charge in [-0.15, -0.1) is 0 Å². The quantitative estimate of drug-likeness (QED) is 0.658. The zero-order valence-corrected chi connectivity index (χ0v) is 10.9. The first-order chi connectivity index (χ1) is 9.20. The molecule has 1 saturated heterocycles. The Morgan fingerprint density at radius 1 is 1.58 bits per heavy atom. The van der Waals surface area contributed by atoms with E-state index in [-0.39, 0.29) is 12.3 Å². The van der Waals surface area contributed by atoms with Crippen LogP contribution < -0.4 is 16.0 Å². The van der Waals surface area contributed by atoms with Crippen molar-refractivity contribution in [1.29, 1.82) is 0 Å². The summed E-state index contributed by atoms with van der Waals surface area (Å²) in [7, 11) is 0. The van der Waals surface area contributed by atoms with Crippen LogP contribution >= 0.6 is 0 Å². The maximum atomic E-state index is 11.2. The number of carbonyl (C=O) groups is 1. The minimum atomic E-state index is -0.537. The van der Waals surface area contributed by atoms with E-state index in [0.29, 0.717) is 18.4 Å². The third-order valence-corrected chi connectivity index (χ3v) is 3.28. The molecule has 0 spiro atoms. The average molecular weight is 264 g/mol. The highest BCUT2D eigenvalue weighted by Crippen LogP contribution is 2.14. The van der Waals surface area contributed by atoms with Crippen molar-refractivity contribution < 1.29 is 9.90 Å². The summed E-state index contributed by atoms with van der Waals surface area (Å²) in [6.07, 6.45) is 2.30. The summed E-state index contributed by atoms with van der Waals surface area (Å²) in [5.74, 6) is 0.142. The molecule has 0 saturated carbocycles. The lowest BCUT2D eigenvalue weighted by molar-refractivity contribution is 0.0995. The minimum Gasteiger partial charge on any atom is -0.395 e. The molecule has 0 radical (unpaired) electrons. The number of nitrogens with one attached hydrogen (secondary N) is 1. The van der Waals surface area contributed by atoms with E-state index in [9.17, 15) is 4.79 Å². The highest BCUT2D eigenvalue weighted by Gasteiger charge is 2.19. The Morgan fingerprint density at radius 3 is 3.05 bits per heavy atom. The number of pyridine rings is 1. The van der Waals surface area contributed by atoms with Crippen LogP contribution in [0, 0.1) is 0 Å². The summed E-state index contributed by atoms with van der Waals surface area (Å²) in [5, 5.41) is 12.6. The molecule has 6 nitrogen and oxygen atoms in total. The van der Waals surface area contributed by atoms with E-state index < -0.39 is 5.91 Å². The number of carbonyl (C=O) groups excluding carboxylic acids is 1. The third kappa shape index (κ3) is 3.65. The van der Waals surface area contributed by atoms with Crippen molar-refractivity contribution in [3.8, 4) is 0 Å². The number of hydrogen-bond donors (Lipinski definition) is 3. The van der Waals surface area contributed by atoms with Gasteiger partial charge >= 0.3 is 0 Å². The van der Waals surface area contributed by atoms with Crippen LogP contribution in [-0.4, -0.2) is 48.3 Å². The molecule has 1 amide bonds. The molecule has 104 valence electrons. The van der Waals surface area contributed by atoms with E-state index in [1.54, 1.807) is 12.1 Å². The van der Waals surface area contributed by atoms with Crippen molar-refractivity contribution >= 4 is 11.7 Å². The van der Waals surface area contributed by atoms with Crippen LogP contribution in [0.1, 0.15) is 23.3 Å². The smallest absolute Gasteiger partial charge is 0.267 e. The van der Waals surface area contributed by atoms with E-state index in [4.69, 9.17) is 10.8 Å². The molecule has 1 aromatic rings. The lowest BCUT2D eigenvalue weighted by Crippen LogP contribution is -2.39. The van der Waals surface area contributed by atoms with Crippen molar-refractivity contribution in [2.45, 2.75) is 18.9 Å². The van der Waals surface area contributed by atoms with E-state index >= 15 is 0 Å². The first-order valence-corrected chi connectivity index (χ1v) is 6.57. The number of nitrogens with two attached hydrogens (primary N) is 1. The topological polar surface area (TPSA) is 91.5 Å². The second kappa shape index (κ2) is 6.49. The molecule has 1 atom stereocenters. The molecule has 0 bridgehead atoms. The van der Waals surface area contributed by atoms with Gasteiger partial charge in [0.1, 0.15) is 11.5 Å². The van der Waals surface area contributed by atoms with Gasteiger partial charge in [0.2, 0.25) is 0 Å². The number of aliphatic hydroxyl groups is 1. The van der Waals surface area contributed by atoms with E-state index in [0.717, 1.165) is 19.5 Å². The predicted molar refractivity (Wildman–Crippen MR) is 73.1 cm³/mol. The van der Waals surface area contributed by atoms with Gasteiger partial charge in [0.15, 0.2) is 0 Å². The van der Waals surface area contributed by atoms with E-state index in [1.165, 1.54) is 6.42 Å². The molecule has 4 N–H and O–H groups in total. The Hall–Kier alpha value is -1.66. The fourth-order valence-electron chi connectivity index (χ4n) is 2.34. The zero-order valence-electron chi connectivity index (χ0n) is 10.9. The number of primary amides is 1. The summed E-state index contributed by atoms with van der Waals surface area (Å²) in [6, 6.07) is 5.59. The highest BCUT2D eigenvalue weighted by molar-refractivity contribution is 5.91. The first-order valence-electron chi connectivity index (χ1n) is 6.57. The molecule has 19 heavy (non-hydrogen) atoms. The lowest BCUT2D eigenvalue weighted by Gasteiger charge is -2.26. The van der Waals surface area contributed by atoms with Crippen molar-refractivity contribution in [3.05, 3.63) is 23.9 Å². The van der Waals surface area contributed by atoms with Crippen LogP contribution in [0.25, 0.3) is 0 Å². The van der Waals surface area contributed by atoms with Crippen LogP contribution in [0.15, 0.2) is 18.2 Å². The van der Waals surface area contributed by atoms with Crippen molar-refractivity contribution in [2.75, 3.05) is 31.1 Å². The maximum Gasteiger partial charge on any atom is 0.267 e. The summed E-state index contributed by atoms with van der Waals surface area (Å²) >= 11 is 0. The van der Waals surface area contributed by atoms with Crippen molar-refractivity contribution in [2.24, 2.45) is 5.73 Å².